The van der Waals surface area contributed by atoms with Crippen LogP contribution in [-0.2, 0) is 0 Å². The number of nitrogens with zero attached hydrogens (tertiary/aromatic N) is 1. The summed E-state index contributed by atoms with van der Waals surface area (Å²) in [5.41, 5.74) is 6.97. The average Bonchev–Trinajstić information content (AvgIpc) is 2.81. The fraction of sp³-hybridized carbons (Fsp3) is 0.0833. The van der Waals surface area contributed by atoms with Crippen LogP contribution in [0.5, 0.6) is 0 Å². The Hall–Kier alpha value is -1.73. The number of nitrogen functional groups attached to an aromatic ring is 1. The topological polar surface area (TPSA) is 85.1 Å². The summed E-state index contributed by atoms with van der Waals surface area (Å²) in [6.45, 7) is 1.43. The first-order chi connectivity index (χ1) is 8.97. The van der Waals surface area contributed by atoms with Crippen LogP contribution in [-0.4, -0.2) is 16.7 Å². The highest BCUT2D eigenvalue weighted by molar-refractivity contribution is 9.10. The molecule has 0 saturated carbocycles. The SMILES string of the molecule is CC(=O)c1csc(NC(=O)c2ccc(Br)c(N)c2)n1. The summed E-state index contributed by atoms with van der Waals surface area (Å²) < 4.78 is 0.733. The molecule has 19 heavy (non-hydrogen) atoms. The first kappa shape index (κ1) is 13.7. The highest BCUT2D eigenvalue weighted by atomic mass is 79.9. The van der Waals surface area contributed by atoms with E-state index in [4.69, 9.17) is 5.73 Å². The van der Waals surface area contributed by atoms with Gasteiger partial charge in [-0.25, -0.2) is 4.98 Å². The summed E-state index contributed by atoms with van der Waals surface area (Å²) in [5, 5.41) is 4.62. The van der Waals surface area contributed by atoms with Gasteiger partial charge >= 0.3 is 0 Å². The van der Waals surface area contributed by atoms with Gasteiger partial charge in [-0.05, 0) is 34.1 Å². The number of ketones is 1. The van der Waals surface area contributed by atoms with E-state index in [1.807, 2.05) is 0 Å². The summed E-state index contributed by atoms with van der Waals surface area (Å²) in [7, 11) is 0. The zero-order chi connectivity index (χ0) is 14.0. The number of benzene rings is 1. The molecule has 98 valence electrons. The lowest BCUT2D eigenvalue weighted by Crippen LogP contribution is -2.12. The predicted octanol–water partition coefficient (Wildman–Crippen LogP) is 2.94. The summed E-state index contributed by atoms with van der Waals surface area (Å²) in [5.74, 6) is -0.451. The second-order valence-electron chi connectivity index (χ2n) is 3.78. The fourth-order valence-electron chi connectivity index (χ4n) is 1.35. The lowest BCUT2D eigenvalue weighted by Gasteiger charge is -2.04. The van der Waals surface area contributed by atoms with Gasteiger partial charge in [-0.15, -0.1) is 11.3 Å². The Morgan fingerprint density at radius 2 is 2.16 bits per heavy atom. The number of hydrogen-bond donors (Lipinski definition) is 2. The van der Waals surface area contributed by atoms with Crippen LogP contribution in [0.1, 0.15) is 27.8 Å². The molecule has 5 nitrogen and oxygen atoms in total. The van der Waals surface area contributed by atoms with Gasteiger partial charge in [-0.2, -0.15) is 0 Å². The maximum Gasteiger partial charge on any atom is 0.257 e. The zero-order valence-electron chi connectivity index (χ0n) is 9.94. The van der Waals surface area contributed by atoms with Crippen molar-refractivity contribution < 1.29 is 9.59 Å². The molecule has 0 radical (unpaired) electrons. The molecule has 0 aliphatic rings. The molecule has 1 amide bonds. The van der Waals surface area contributed by atoms with E-state index in [1.54, 1.807) is 23.6 Å². The van der Waals surface area contributed by atoms with Crippen molar-refractivity contribution in [3.8, 4) is 0 Å². The minimum Gasteiger partial charge on any atom is -0.398 e. The van der Waals surface area contributed by atoms with Crippen LogP contribution in [0.3, 0.4) is 0 Å². The van der Waals surface area contributed by atoms with E-state index in [1.165, 1.54) is 18.3 Å². The summed E-state index contributed by atoms with van der Waals surface area (Å²) in [6.07, 6.45) is 0. The number of carbonyl (C=O) groups is 2. The molecule has 0 atom stereocenters. The molecule has 1 aromatic carbocycles. The van der Waals surface area contributed by atoms with Crippen molar-refractivity contribution in [1.29, 1.82) is 0 Å². The standard InChI is InChI=1S/C12H10BrN3O2S/c1-6(17)10-5-19-12(15-10)16-11(18)7-2-3-8(13)9(14)4-7/h2-5H,14H2,1H3,(H,15,16,18). The van der Waals surface area contributed by atoms with E-state index >= 15 is 0 Å². The number of halogens is 1. The molecule has 2 rings (SSSR count). The van der Waals surface area contributed by atoms with Crippen LogP contribution in [0.2, 0.25) is 0 Å². The van der Waals surface area contributed by atoms with Crippen LogP contribution in [0, 0.1) is 0 Å². The molecule has 0 spiro atoms. The van der Waals surface area contributed by atoms with Gasteiger partial charge in [0.15, 0.2) is 10.9 Å². The monoisotopic (exact) mass is 339 g/mol. The summed E-state index contributed by atoms with van der Waals surface area (Å²) >= 11 is 4.46. The first-order valence-electron chi connectivity index (χ1n) is 5.30. The van der Waals surface area contributed by atoms with Gasteiger partial charge in [0, 0.05) is 28.0 Å². The van der Waals surface area contributed by atoms with E-state index < -0.39 is 0 Å². The molecule has 0 unspecified atom stereocenters. The number of aromatic nitrogens is 1. The van der Waals surface area contributed by atoms with E-state index in [-0.39, 0.29) is 11.7 Å². The van der Waals surface area contributed by atoms with Crippen LogP contribution < -0.4 is 11.1 Å². The number of anilines is 2. The highest BCUT2D eigenvalue weighted by Crippen LogP contribution is 2.22. The third kappa shape index (κ3) is 3.18. The van der Waals surface area contributed by atoms with E-state index in [9.17, 15) is 9.59 Å². The van der Waals surface area contributed by atoms with Crippen molar-refractivity contribution >= 4 is 49.8 Å². The van der Waals surface area contributed by atoms with Gasteiger partial charge in [0.2, 0.25) is 0 Å². The van der Waals surface area contributed by atoms with Crippen molar-refractivity contribution in [2.75, 3.05) is 11.1 Å². The van der Waals surface area contributed by atoms with Crippen LogP contribution in [0.4, 0.5) is 10.8 Å². The van der Waals surface area contributed by atoms with Crippen LogP contribution in [0.25, 0.3) is 0 Å². The van der Waals surface area contributed by atoms with Crippen LogP contribution >= 0.6 is 27.3 Å². The van der Waals surface area contributed by atoms with E-state index in [2.05, 4.69) is 26.2 Å². The number of thiazole rings is 1. The number of Topliss-reactive ketones (excluding diaryl/α,β-unsaturated/α-hetero) is 1. The number of rotatable bonds is 3. The molecule has 0 fully saturated rings. The Labute approximate surface area is 122 Å². The minimum atomic E-state index is -0.316. The highest BCUT2D eigenvalue weighted by Gasteiger charge is 2.11. The van der Waals surface area contributed by atoms with Crippen molar-refractivity contribution in [3.05, 3.63) is 39.3 Å². The number of nitrogens with one attached hydrogen (secondary N) is 1. The summed E-state index contributed by atoms with van der Waals surface area (Å²) in [6, 6.07) is 4.92. The second-order valence-corrected chi connectivity index (χ2v) is 5.50. The van der Waals surface area contributed by atoms with E-state index in [0.717, 1.165) is 4.47 Å². The first-order valence-corrected chi connectivity index (χ1v) is 6.97. The third-order valence-corrected chi connectivity index (χ3v) is 3.82. The fourth-order valence-corrected chi connectivity index (χ4v) is 2.34. The van der Waals surface area contributed by atoms with Gasteiger partial charge in [-0.1, -0.05) is 0 Å². The Morgan fingerprint density at radius 3 is 2.74 bits per heavy atom. The quantitative estimate of drug-likeness (QED) is 0.665. The van der Waals surface area contributed by atoms with Gasteiger partial charge in [0.1, 0.15) is 5.69 Å². The molecule has 1 heterocycles. The van der Waals surface area contributed by atoms with Crippen molar-refractivity contribution in [2.24, 2.45) is 0 Å². The normalized spacial score (nSPS) is 10.2. The molecule has 0 aliphatic carbocycles. The Balaban J connectivity index is 2.15. The van der Waals surface area contributed by atoms with Crippen LogP contribution in [0.15, 0.2) is 28.1 Å². The molecule has 0 saturated heterocycles. The smallest absolute Gasteiger partial charge is 0.257 e. The van der Waals surface area contributed by atoms with Crippen molar-refractivity contribution in [2.45, 2.75) is 6.92 Å². The number of nitrogens with two attached hydrogens (primary N) is 1. The number of carbonyl (C=O) groups excluding carboxylic acids is 2. The lowest BCUT2D eigenvalue weighted by molar-refractivity contribution is 0.100. The third-order valence-electron chi connectivity index (χ3n) is 2.34. The molecule has 0 aliphatic heterocycles. The Morgan fingerprint density at radius 1 is 1.42 bits per heavy atom. The molecule has 1 aromatic heterocycles. The van der Waals surface area contributed by atoms with Gasteiger partial charge in [0.25, 0.3) is 5.91 Å². The molecular weight excluding hydrogens is 330 g/mol. The molecule has 2 aromatic rings. The predicted molar refractivity (Wildman–Crippen MR) is 78.6 cm³/mol. The second kappa shape index (κ2) is 5.50. The molecule has 3 N–H and O–H groups in total. The van der Waals surface area contributed by atoms with Crippen molar-refractivity contribution in [3.63, 3.8) is 0 Å². The number of amides is 1. The molecular formula is C12H10BrN3O2S. The Bertz CT molecular complexity index is 654. The maximum atomic E-state index is 12.0. The Kier molecular flexibility index (Phi) is 3.96. The van der Waals surface area contributed by atoms with Crippen molar-refractivity contribution in [1.82, 2.24) is 4.98 Å². The summed E-state index contributed by atoms with van der Waals surface area (Å²) in [4.78, 5) is 27.1. The largest absolute Gasteiger partial charge is 0.398 e. The maximum absolute atomic E-state index is 12.0. The van der Waals surface area contributed by atoms with Gasteiger partial charge in [-0.3, -0.25) is 14.9 Å². The zero-order valence-corrected chi connectivity index (χ0v) is 12.3. The average molecular weight is 340 g/mol. The van der Waals surface area contributed by atoms with E-state index in [0.29, 0.717) is 22.1 Å². The number of hydrogen-bond acceptors (Lipinski definition) is 5. The molecule has 0 bridgehead atoms. The van der Waals surface area contributed by atoms with Gasteiger partial charge in [0.05, 0.1) is 0 Å². The minimum absolute atomic E-state index is 0.135. The molecule has 7 heteroatoms. The lowest BCUT2D eigenvalue weighted by atomic mass is 10.2. The van der Waals surface area contributed by atoms with Gasteiger partial charge < -0.3 is 5.73 Å².